The number of aryl methyl sites for hydroxylation is 1. The second-order valence-corrected chi connectivity index (χ2v) is 4.23. The minimum atomic E-state index is 0.525. The minimum Gasteiger partial charge on any atom is -0.253 e. The van der Waals surface area contributed by atoms with E-state index >= 15 is 0 Å². The van der Waals surface area contributed by atoms with Gasteiger partial charge in [0.1, 0.15) is 0 Å². The first-order chi connectivity index (χ1) is 6.77. The lowest BCUT2D eigenvalue weighted by Crippen LogP contribution is -1.98. The van der Waals surface area contributed by atoms with Gasteiger partial charge in [-0.15, -0.1) is 0 Å². The van der Waals surface area contributed by atoms with E-state index in [1.165, 1.54) is 36.2 Å². The summed E-state index contributed by atoms with van der Waals surface area (Å²) in [5.41, 5.74) is 3.80. The number of rotatable bonds is 1. The predicted octanol–water partition coefficient (Wildman–Crippen LogP) is 3.55. The van der Waals surface area contributed by atoms with Crippen LogP contribution in [0.5, 0.6) is 0 Å². The lowest BCUT2D eigenvalue weighted by Gasteiger charge is -2.08. The third kappa shape index (κ3) is 1.87. The summed E-state index contributed by atoms with van der Waals surface area (Å²) in [6.07, 6.45) is 8.03. The van der Waals surface area contributed by atoms with Gasteiger partial charge in [-0.2, -0.15) is 0 Å². The third-order valence-corrected chi connectivity index (χ3v) is 2.72. The van der Waals surface area contributed by atoms with Crippen LogP contribution in [0.15, 0.2) is 18.2 Å². The topological polar surface area (TPSA) is 12.9 Å². The highest BCUT2D eigenvalue weighted by atomic mass is 14.7. The molecule has 1 nitrogen and oxygen atoms in total. The van der Waals surface area contributed by atoms with Crippen LogP contribution < -0.4 is 0 Å². The van der Waals surface area contributed by atoms with Gasteiger partial charge in [0.15, 0.2) is 0 Å². The zero-order valence-corrected chi connectivity index (χ0v) is 8.96. The molecule has 0 N–H and O–H groups in total. The van der Waals surface area contributed by atoms with Crippen molar-refractivity contribution in [2.24, 2.45) is 0 Å². The molecule has 1 heteroatoms. The molecule has 0 bridgehead atoms. The van der Waals surface area contributed by atoms with E-state index in [9.17, 15) is 0 Å². The van der Waals surface area contributed by atoms with Gasteiger partial charge in [-0.3, -0.25) is 4.98 Å². The Morgan fingerprint density at radius 2 is 2.14 bits per heavy atom. The van der Waals surface area contributed by atoms with E-state index < -0.39 is 0 Å². The summed E-state index contributed by atoms with van der Waals surface area (Å²) in [6, 6.07) is 4.41. The lowest BCUT2D eigenvalue weighted by atomic mass is 10.0. The molecule has 1 heterocycles. The largest absolute Gasteiger partial charge is 0.253 e. The van der Waals surface area contributed by atoms with Crippen molar-refractivity contribution >= 4 is 6.08 Å². The van der Waals surface area contributed by atoms with Crippen LogP contribution in [0.4, 0.5) is 0 Å². The van der Waals surface area contributed by atoms with Crippen LogP contribution in [0.2, 0.25) is 0 Å². The van der Waals surface area contributed by atoms with Crippen molar-refractivity contribution in [3.8, 4) is 0 Å². The normalized spacial score (nSPS) is 15.4. The molecule has 0 radical (unpaired) electrons. The Balaban J connectivity index is 2.40. The fourth-order valence-corrected chi connectivity index (χ4v) is 1.80. The molecule has 0 saturated carbocycles. The van der Waals surface area contributed by atoms with Gasteiger partial charge in [0, 0.05) is 5.69 Å². The Hall–Kier alpha value is -1.11. The number of hydrogen-bond donors (Lipinski definition) is 0. The van der Waals surface area contributed by atoms with Gasteiger partial charge in [0.2, 0.25) is 0 Å². The van der Waals surface area contributed by atoms with Crippen LogP contribution in [0.25, 0.3) is 6.08 Å². The number of nitrogens with zero attached hydrogens (tertiary/aromatic N) is 1. The van der Waals surface area contributed by atoms with Crippen LogP contribution in [0.3, 0.4) is 0 Å². The predicted molar refractivity (Wildman–Crippen MR) is 60.3 cm³/mol. The third-order valence-electron chi connectivity index (χ3n) is 2.72. The molecule has 74 valence electrons. The molecular weight excluding hydrogens is 170 g/mol. The average Bonchev–Trinajstić information content (AvgIpc) is 2.41. The fourth-order valence-electron chi connectivity index (χ4n) is 1.80. The van der Waals surface area contributed by atoms with Crippen molar-refractivity contribution in [3.05, 3.63) is 35.2 Å². The first-order valence-corrected chi connectivity index (χ1v) is 5.44. The van der Waals surface area contributed by atoms with E-state index in [4.69, 9.17) is 0 Å². The molecule has 2 rings (SSSR count). The maximum absolute atomic E-state index is 4.69. The molecule has 1 aliphatic carbocycles. The van der Waals surface area contributed by atoms with Crippen LogP contribution in [0.1, 0.15) is 49.6 Å². The first-order valence-electron chi connectivity index (χ1n) is 5.44. The molecule has 0 spiro atoms. The number of pyridine rings is 1. The number of aromatic nitrogens is 1. The monoisotopic (exact) mass is 187 g/mol. The van der Waals surface area contributed by atoms with Gasteiger partial charge >= 0.3 is 0 Å². The Labute approximate surface area is 85.9 Å². The summed E-state index contributed by atoms with van der Waals surface area (Å²) in [4.78, 5) is 4.69. The van der Waals surface area contributed by atoms with Crippen LogP contribution in [0, 0.1) is 0 Å². The molecule has 0 fully saturated rings. The summed E-state index contributed by atoms with van der Waals surface area (Å²) in [7, 11) is 0. The van der Waals surface area contributed by atoms with E-state index in [1.807, 2.05) is 0 Å². The van der Waals surface area contributed by atoms with Crippen molar-refractivity contribution in [2.45, 2.75) is 39.0 Å². The Morgan fingerprint density at radius 3 is 2.93 bits per heavy atom. The van der Waals surface area contributed by atoms with E-state index in [0.717, 1.165) is 0 Å². The van der Waals surface area contributed by atoms with Crippen LogP contribution >= 0.6 is 0 Å². The Bertz CT molecular complexity index is 350. The van der Waals surface area contributed by atoms with Crippen molar-refractivity contribution in [2.75, 3.05) is 0 Å². The average molecular weight is 187 g/mol. The van der Waals surface area contributed by atoms with Gasteiger partial charge in [0.25, 0.3) is 0 Å². The van der Waals surface area contributed by atoms with Gasteiger partial charge in [-0.1, -0.05) is 26.0 Å². The summed E-state index contributed by atoms with van der Waals surface area (Å²) in [5.74, 6) is 0.525. The van der Waals surface area contributed by atoms with Gasteiger partial charge in [0.05, 0.1) is 5.69 Å². The molecule has 14 heavy (non-hydrogen) atoms. The van der Waals surface area contributed by atoms with Crippen molar-refractivity contribution in [3.63, 3.8) is 0 Å². The molecule has 0 amide bonds. The van der Waals surface area contributed by atoms with Gasteiger partial charge in [-0.25, -0.2) is 0 Å². The summed E-state index contributed by atoms with van der Waals surface area (Å²) < 4.78 is 0. The van der Waals surface area contributed by atoms with E-state index in [1.54, 1.807) is 0 Å². The van der Waals surface area contributed by atoms with Crippen LogP contribution in [-0.4, -0.2) is 4.98 Å². The summed E-state index contributed by atoms with van der Waals surface area (Å²) in [6.45, 7) is 4.38. The zero-order valence-electron chi connectivity index (χ0n) is 8.96. The van der Waals surface area contributed by atoms with Crippen LogP contribution in [-0.2, 0) is 6.42 Å². The fraction of sp³-hybridized carbons (Fsp3) is 0.462. The van der Waals surface area contributed by atoms with E-state index in [0.29, 0.717) is 5.92 Å². The molecule has 0 aromatic carbocycles. The highest BCUT2D eigenvalue weighted by Crippen LogP contribution is 2.20. The van der Waals surface area contributed by atoms with Crippen molar-refractivity contribution in [1.82, 2.24) is 4.98 Å². The van der Waals surface area contributed by atoms with Crippen molar-refractivity contribution < 1.29 is 0 Å². The minimum absolute atomic E-state index is 0.525. The molecule has 1 aliphatic rings. The number of fused-ring (bicyclic) bond motifs is 1. The highest BCUT2D eigenvalue weighted by Gasteiger charge is 2.07. The maximum Gasteiger partial charge on any atom is 0.0661 e. The van der Waals surface area contributed by atoms with Crippen molar-refractivity contribution in [1.29, 1.82) is 0 Å². The SMILES string of the molecule is CC(C)c1ccc2c(n1)C=CCCC2. The molecule has 0 unspecified atom stereocenters. The molecule has 0 saturated heterocycles. The Morgan fingerprint density at radius 1 is 1.29 bits per heavy atom. The quantitative estimate of drug-likeness (QED) is 0.655. The molecule has 1 aromatic rings. The first kappa shape index (κ1) is 9.45. The second-order valence-electron chi connectivity index (χ2n) is 4.23. The molecule has 0 aliphatic heterocycles. The highest BCUT2D eigenvalue weighted by molar-refractivity contribution is 5.51. The number of hydrogen-bond acceptors (Lipinski definition) is 1. The Kier molecular flexibility index (Phi) is 2.67. The second kappa shape index (κ2) is 3.95. The molecular formula is C13H17N. The molecule has 1 aromatic heterocycles. The summed E-state index contributed by atoms with van der Waals surface area (Å²) >= 11 is 0. The zero-order chi connectivity index (χ0) is 9.97. The van der Waals surface area contributed by atoms with E-state index in [2.05, 4.69) is 43.1 Å². The molecule has 0 atom stereocenters. The van der Waals surface area contributed by atoms with Gasteiger partial charge < -0.3 is 0 Å². The van der Waals surface area contributed by atoms with E-state index in [-0.39, 0.29) is 0 Å². The maximum atomic E-state index is 4.69. The lowest BCUT2D eigenvalue weighted by molar-refractivity contribution is 0.806. The standard InChI is InChI=1S/C13H17N/c1-10(2)12-9-8-11-6-4-3-5-7-13(11)14-12/h5,7-10H,3-4,6H2,1-2H3. The summed E-state index contributed by atoms with van der Waals surface area (Å²) in [5, 5.41) is 0. The number of allylic oxidation sites excluding steroid dienone is 1. The smallest absolute Gasteiger partial charge is 0.0661 e. The van der Waals surface area contributed by atoms with Gasteiger partial charge in [-0.05, 0) is 42.9 Å².